The second kappa shape index (κ2) is 4.51. The molecule has 1 heterocycles. The van der Waals surface area contributed by atoms with Crippen LogP contribution >= 0.6 is 11.6 Å². The lowest BCUT2D eigenvalue weighted by molar-refractivity contribution is 0.817. The maximum absolute atomic E-state index is 6.29. The molecule has 1 atom stereocenters. The van der Waals surface area contributed by atoms with Crippen molar-refractivity contribution in [1.82, 2.24) is 9.55 Å². The number of nitrogens with zero attached hydrogens (tertiary/aromatic N) is 2. The maximum Gasteiger partial charge on any atom is 0.0997 e. The number of halogens is 1. The summed E-state index contributed by atoms with van der Waals surface area (Å²) < 4.78 is 1.99. The molecule has 0 saturated carbocycles. The van der Waals surface area contributed by atoms with Gasteiger partial charge in [-0.2, -0.15) is 0 Å². The molecule has 0 aliphatic heterocycles. The minimum atomic E-state index is -0.00725. The van der Waals surface area contributed by atoms with Gasteiger partial charge in [-0.1, -0.05) is 17.7 Å². The van der Waals surface area contributed by atoms with E-state index in [4.69, 9.17) is 17.3 Å². The molecule has 2 rings (SSSR count). The van der Waals surface area contributed by atoms with Crippen LogP contribution in [0.1, 0.15) is 29.9 Å². The number of hydrogen-bond acceptors (Lipinski definition) is 2. The Morgan fingerprint density at radius 1 is 1.35 bits per heavy atom. The normalized spacial score (nSPS) is 12.8. The molecule has 2 aromatic rings. The zero-order valence-electron chi connectivity index (χ0n) is 10.2. The second-order valence-corrected chi connectivity index (χ2v) is 4.69. The predicted molar refractivity (Wildman–Crippen MR) is 70.7 cm³/mol. The second-order valence-electron chi connectivity index (χ2n) is 4.28. The number of rotatable bonds is 2. The van der Waals surface area contributed by atoms with Gasteiger partial charge in [-0.3, -0.25) is 0 Å². The highest BCUT2D eigenvalue weighted by atomic mass is 35.5. The van der Waals surface area contributed by atoms with Gasteiger partial charge in [0.2, 0.25) is 0 Å². The fourth-order valence-electron chi connectivity index (χ4n) is 1.74. The van der Waals surface area contributed by atoms with Crippen LogP contribution in [0.15, 0.2) is 24.5 Å². The van der Waals surface area contributed by atoms with Gasteiger partial charge >= 0.3 is 0 Å². The van der Waals surface area contributed by atoms with Crippen LogP contribution < -0.4 is 5.73 Å². The lowest BCUT2D eigenvalue weighted by Gasteiger charge is -2.11. The van der Waals surface area contributed by atoms with E-state index < -0.39 is 0 Å². The lowest BCUT2D eigenvalue weighted by atomic mass is 10.1. The molecule has 1 aromatic carbocycles. The van der Waals surface area contributed by atoms with Crippen LogP contribution in [0.25, 0.3) is 5.69 Å². The first-order valence-corrected chi connectivity index (χ1v) is 5.94. The minimum absolute atomic E-state index is 0.00725. The predicted octanol–water partition coefficient (Wildman–Crippen LogP) is 3.16. The molecule has 0 bridgehead atoms. The van der Waals surface area contributed by atoms with E-state index in [-0.39, 0.29) is 6.04 Å². The first kappa shape index (κ1) is 12.1. The third-order valence-electron chi connectivity index (χ3n) is 3.01. The molecule has 3 nitrogen and oxygen atoms in total. The molecule has 90 valence electrons. The van der Waals surface area contributed by atoms with E-state index in [9.17, 15) is 0 Å². The maximum atomic E-state index is 6.29. The van der Waals surface area contributed by atoms with Crippen LogP contribution in [0.5, 0.6) is 0 Å². The van der Waals surface area contributed by atoms with E-state index in [1.165, 1.54) is 0 Å². The molecule has 0 aliphatic rings. The molecule has 0 saturated heterocycles. The van der Waals surface area contributed by atoms with Crippen molar-refractivity contribution in [1.29, 1.82) is 0 Å². The lowest BCUT2D eigenvalue weighted by Crippen LogP contribution is -2.05. The van der Waals surface area contributed by atoms with Crippen molar-refractivity contribution < 1.29 is 0 Å². The Bertz CT molecular complexity index is 544. The van der Waals surface area contributed by atoms with Gasteiger partial charge in [0, 0.05) is 11.7 Å². The highest BCUT2D eigenvalue weighted by Crippen LogP contribution is 2.25. The first-order chi connectivity index (χ1) is 8.00. The van der Waals surface area contributed by atoms with Crippen LogP contribution in [0, 0.1) is 13.8 Å². The first-order valence-electron chi connectivity index (χ1n) is 5.56. The van der Waals surface area contributed by atoms with Crippen molar-refractivity contribution in [2.45, 2.75) is 26.8 Å². The summed E-state index contributed by atoms with van der Waals surface area (Å²) in [6, 6.07) is 5.89. The topological polar surface area (TPSA) is 43.8 Å². The summed E-state index contributed by atoms with van der Waals surface area (Å²) in [6.45, 7) is 5.95. The number of benzene rings is 1. The Hall–Kier alpha value is -1.32. The molecule has 0 unspecified atom stereocenters. The molecule has 0 fully saturated rings. The van der Waals surface area contributed by atoms with Gasteiger partial charge < -0.3 is 10.3 Å². The van der Waals surface area contributed by atoms with Crippen LogP contribution in [0.4, 0.5) is 0 Å². The number of hydrogen-bond donors (Lipinski definition) is 1. The zero-order valence-corrected chi connectivity index (χ0v) is 11.0. The molecule has 0 radical (unpaired) electrons. The Morgan fingerprint density at radius 3 is 2.53 bits per heavy atom. The molecule has 0 spiro atoms. The number of nitrogens with two attached hydrogens (primary N) is 1. The van der Waals surface area contributed by atoms with Gasteiger partial charge in [0.15, 0.2) is 0 Å². The van der Waals surface area contributed by atoms with E-state index in [0.717, 1.165) is 22.6 Å². The average Bonchev–Trinajstić information content (AvgIpc) is 2.60. The molecule has 17 heavy (non-hydrogen) atoms. The average molecular weight is 250 g/mol. The van der Waals surface area contributed by atoms with Gasteiger partial charge in [0.1, 0.15) is 0 Å². The van der Waals surface area contributed by atoms with Crippen LogP contribution in [0.3, 0.4) is 0 Å². The summed E-state index contributed by atoms with van der Waals surface area (Å²) in [5, 5.41) is 0.695. The Labute approximate surface area is 106 Å². The van der Waals surface area contributed by atoms with Gasteiger partial charge in [0.25, 0.3) is 0 Å². The Balaban J connectivity index is 2.50. The van der Waals surface area contributed by atoms with Gasteiger partial charge in [-0.25, -0.2) is 4.98 Å². The third-order valence-corrected chi connectivity index (χ3v) is 3.31. The molecule has 1 aromatic heterocycles. The third kappa shape index (κ3) is 2.21. The number of aromatic nitrogens is 2. The SMILES string of the molecule is Cc1ncn(-c2ccc([C@@H](C)N)cc2Cl)c1C. The van der Waals surface area contributed by atoms with E-state index >= 15 is 0 Å². The van der Waals surface area contributed by atoms with Crippen LogP contribution in [-0.2, 0) is 0 Å². The summed E-state index contributed by atoms with van der Waals surface area (Å²) in [6.07, 6.45) is 1.79. The summed E-state index contributed by atoms with van der Waals surface area (Å²) in [5.41, 5.74) is 9.91. The van der Waals surface area contributed by atoms with E-state index in [1.54, 1.807) is 6.33 Å². The fourth-order valence-corrected chi connectivity index (χ4v) is 2.02. The van der Waals surface area contributed by atoms with Crippen LogP contribution in [-0.4, -0.2) is 9.55 Å². The number of aryl methyl sites for hydroxylation is 1. The monoisotopic (exact) mass is 249 g/mol. The highest BCUT2D eigenvalue weighted by Gasteiger charge is 2.09. The molecule has 2 N–H and O–H groups in total. The molecule has 0 aliphatic carbocycles. The van der Waals surface area contributed by atoms with Crippen molar-refractivity contribution >= 4 is 11.6 Å². The smallest absolute Gasteiger partial charge is 0.0997 e. The highest BCUT2D eigenvalue weighted by molar-refractivity contribution is 6.32. The van der Waals surface area contributed by atoms with Gasteiger partial charge in [0.05, 0.1) is 22.7 Å². The summed E-state index contributed by atoms with van der Waals surface area (Å²) in [7, 11) is 0. The summed E-state index contributed by atoms with van der Waals surface area (Å²) in [4.78, 5) is 4.27. The molecular formula is C13H16ClN3. The van der Waals surface area contributed by atoms with Gasteiger partial charge in [-0.05, 0) is 38.5 Å². The van der Waals surface area contributed by atoms with E-state index in [0.29, 0.717) is 5.02 Å². The molecule has 4 heteroatoms. The summed E-state index contributed by atoms with van der Waals surface area (Å²) in [5.74, 6) is 0. The largest absolute Gasteiger partial charge is 0.324 e. The minimum Gasteiger partial charge on any atom is -0.324 e. The van der Waals surface area contributed by atoms with Crippen molar-refractivity contribution in [3.8, 4) is 5.69 Å². The fraction of sp³-hybridized carbons (Fsp3) is 0.308. The van der Waals surface area contributed by atoms with E-state index in [2.05, 4.69) is 4.98 Å². The van der Waals surface area contributed by atoms with Crippen molar-refractivity contribution in [3.05, 3.63) is 46.5 Å². The molecular weight excluding hydrogens is 234 g/mol. The number of imidazole rings is 1. The Morgan fingerprint density at radius 2 is 2.06 bits per heavy atom. The quantitative estimate of drug-likeness (QED) is 0.889. The molecule has 0 amide bonds. The van der Waals surface area contributed by atoms with Crippen LogP contribution in [0.2, 0.25) is 5.02 Å². The van der Waals surface area contributed by atoms with Crippen molar-refractivity contribution in [2.24, 2.45) is 5.73 Å². The van der Waals surface area contributed by atoms with E-state index in [1.807, 2.05) is 43.5 Å². The Kier molecular flexibility index (Phi) is 3.22. The summed E-state index contributed by atoms with van der Waals surface area (Å²) >= 11 is 6.29. The standard InChI is InChI=1S/C13H16ClN3/c1-8(15)11-4-5-13(12(14)6-11)17-7-16-9(2)10(17)3/h4-8H,15H2,1-3H3/t8-/m1/s1. The van der Waals surface area contributed by atoms with Crippen molar-refractivity contribution in [2.75, 3.05) is 0 Å². The zero-order chi connectivity index (χ0) is 12.6. The van der Waals surface area contributed by atoms with Crippen molar-refractivity contribution in [3.63, 3.8) is 0 Å². The van der Waals surface area contributed by atoms with Gasteiger partial charge in [-0.15, -0.1) is 0 Å².